The summed E-state index contributed by atoms with van der Waals surface area (Å²) in [5, 5.41) is 9.89. The van der Waals surface area contributed by atoms with Crippen LogP contribution in [0.1, 0.15) is 5.56 Å². The molecular weight excluding hydrogens is 762 g/mol. The van der Waals surface area contributed by atoms with E-state index >= 15 is 0 Å². The predicted molar refractivity (Wildman–Crippen MR) is 144 cm³/mol. The van der Waals surface area contributed by atoms with Crippen LogP contribution < -0.4 is 15.9 Å². The van der Waals surface area contributed by atoms with Crippen molar-refractivity contribution in [3.8, 4) is 11.1 Å². The molecule has 4 rings (SSSR count). The molecule has 0 saturated heterocycles. The van der Waals surface area contributed by atoms with Crippen molar-refractivity contribution in [1.29, 1.82) is 0 Å². The first-order chi connectivity index (χ1) is 20.0. The number of carbonyl (C=O) groups is 1. The van der Waals surface area contributed by atoms with Crippen molar-refractivity contribution in [3.05, 3.63) is 127 Å². The summed E-state index contributed by atoms with van der Waals surface area (Å²) in [4.78, 5) is 9.86. The van der Waals surface area contributed by atoms with Gasteiger partial charge in [0.25, 0.3) is 5.78 Å². The minimum Gasteiger partial charge on any atom is -0.504 e. The second-order valence-corrected chi connectivity index (χ2v) is 11.5. The minimum atomic E-state index is -5.42. The summed E-state index contributed by atoms with van der Waals surface area (Å²) in [6.07, 6.45) is -16.1. The normalized spacial score (nSPS) is 12.4. The first kappa shape index (κ1) is 37.5. The molecule has 14 heteroatoms. The molecule has 0 aliphatic heterocycles. The Labute approximate surface area is 286 Å². The van der Waals surface area contributed by atoms with Gasteiger partial charge in [0.1, 0.15) is 0 Å². The van der Waals surface area contributed by atoms with E-state index in [-0.39, 0.29) is 49.4 Å². The number of halogens is 9. The molecule has 0 unspecified atom stereocenters. The van der Waals surface area contributed by atoms with Crippen LogP contribution in [-0.2, 0) is 15.5 Å². The molecule has 3 nitrogen and oxygen atoms in total. The number of alkyl halides is 9. The van der Waals surface area contributed by atoms with Gasteiger partial charge in [-0.2, -0.15) is 39.5 Å². The van der Waals surface area contributed by atoms with Crippen LogP contribution in [0.25, 0.3) is 11.1 Å². The fourth-order valence-electron chi connectivity index (χ4n) is 3.82. The van der Waals surface area contributed by atoms with Crippen LogP contribution in [0, 0.1) is 49.4 Å². The van der Waals surface area contributed by atoms with Crippen LogP contribution >= 0.6 is 7.14 Å². The van der Waals surface area contributed by atoms with Crippen LogP contribution in [0.4, 0.5) is 39.5 Å². The Morgan fingerprint density at radius 3 is 1.45 bits per heavy atom. The molecule has 233 valence electrons. The number of carbonyl (C=O) groups excluding carboxylic acids is 1. The van der Waals surface area contributed by atoms with Crippen LogP contribution in [-0.4, -0.2) is 23.2 Å². The van der Waals surface area contributed by atoms with Gasteiger partial charge in [-0.15, -0.1) is 0 Å². The quantitative estimate of drug-likeness (QED) is 0.0964. The molecule has 1 radical (unpaired) electrons. The summed E-state index contributed by atoms with van der Waals surface area (Å²) >= 11 is 0. The molecule has 0 heterocycles. The number of benzene rings is 4. The fourth-order valence-corrected chi connectivity index (χ4v) is 6.70. The Hall–Kier alpha value is -2.73. The summed E-state index contributed by atoms with van der Waals surface area (Å²) in [6.45, 7) is 0. The average molecular weight is 782 g/mol. The van der Waals surface area contributed by atoms with Crippen molar-refractivity contribution in [1.82, 2.24) is 0 Å². The molecule has 0 bridgehead atoms. The van der Waals surface area contributed by atoms with E-state index in [1.165, 1.54) is 12.1 Å². The van der Waals surface area contributed by atoms with Crippen molar-refractivity contribution in [2.45, 2.75) is 18.5 Å². The van der Waals surface area contributed by atoms with E-state index in [9.17, 15) is 48.9 Å². The molecule has 0 aliphatic carbocycles. The zero-order valence-electron chi connectivity index (χ0n) is 22.0. The molecule has 0 aromatic heterocycles. The second kappa shape index (κ2) is 15.0. The molecule has 4 aromatic rings. The van der Waals surface area contributed by atoms with Crippen molar-refractivity contribution < 1.29 is 103 Å². The van der Waals surface area contributed by atoms with Gasteiger partial charge in [0.15, 0.2) is 7.14 Å². The number of hydrogen-bond acceptors (Lipinski definition) is 3. The van der Waals surface area contributed by atoms with E-state index in [1.54, 1.807) is 24.3 Å². The van der Waals surface area contributed by atoms with Gasteiger partial charge in [0.2, 0.25) is 5.76 Å². The van der Waals surface area contributed by atoms with Crippen LogP contribution in [0.5, 0.6) is 0 Å². The van der Waals surface area contributed by atoms with Gasteiger partial charge in [-0.1, -0.05) is 97.1 Å². The van der Waals surface area contributed by atoms with Crippen molar-refractivity contribution in [3.63, 3.8) is 0 Å². The van der Waals surface area contributed by atoms with E-state index in [1.807, 2.05) is 60.7 Å². The van der Waals surface area contributed by atoms with E-state index < -0.39 is 48.9 Å². The summed E-state index contributed by atoms with van der Waals surface area (Å²) < 4.78 is 122. The Kier molecular flexibility index (Phi) is 12.8. The standard InChI is InChI=1S/C25H18F3OP.C5H2F6O2.Eu/c26-25(27,28)20-17-15-19(16-18-20)23-13-7-8-14-24(23)30(29,21-9-3-1-4-10-21)22-11-5-2-6-12-22;6-4(7,8)2(12)1-3(13)5(9,10)11;/h1-18H;1,12H;/b;2-1-;. The number of ketones is 1. The molecule has 0 saturated carbocycles. The fraction of sp³-hybridized carbons (Fsp3) is 0.100. The van der Waals surface area contributed by atoms with E-state index in [0.29, 0.717) is 27.0 Å². The maximum Gasteiger partial charge on any atom is 0.454 e. The number of allylic oxidation sites excluding steroid dienone is 2. The van der Waals surface area contributed by atoms with Crippen LogP contribution in [0.3, 0.4) is 0 Å². The minimum absolute atomic E-state index is 0. The van der Waals surface area contributed by atoms with Gasteiger partial charge < -0.3 is 9.67 Å². The Bertz CT molecular complexity index is 1570. The second-order valence-electron chi connectivity index (χ2n) is 8.76. The molecule has 1 N–H and O–H groups in total. The zero-order chi connectivity index (χ0) is 32.1. The Morgan fingerprint density at radius 1 is 0.614 bits per heavy atom. The number of aliphatic hydroxyl groups excluding tert-OH is 1. The SMILES string of the molecule is O=C(/C=C(\O)C(F)(F)F)C(F)(F)F.O=P(c1ccccc1)(c1ccccc1)c1ccccc1-c1ccc(C(F)(F)F)cc1.[Eu]. The summed E-state index contributed by atoms with van der Waals surface area (Å²) in [5.41, 5.74) is 0.533. The van der Waals surface area contributed by atoms with E-state index in [4.69, 9.17) is 5.11 Å². The van der Waals surface area contributed by atoms with Crippen LogP contribution in [0.15, 0.2) is 121 Å². The predicted octanol–water partition coefficient (Wildman–Crippen LogP) is 8.13. The molecule has 0 amide bonds. The summed E-state index contributed by atoms with van der Waals surface area (Å²) in [7, 11) is -3.25. The number of hydrogen-bond donors (Lipinski definition) is 1. The molecule has 0 atom stereocenters. The molecule has 44 heavy (non-hydrogen) atoms. The van der Waals surface area contributed by atoms with Crippen molar-refractivity contribution >= 4 is 28.8 Å². The van der Waals surface area contributed by atoms with Gasteiger partial charge in [-0.05, 0) is 23.3 Å². The zero-order valence-corrected chi connectivity index (χ0v) is 25.3. The Morgan fingerprint density at radius 2 is 1.05 bits per heavy atom. The first-order valence-electron chi connectivity index (χ1n) is 12.0. The van der Waals surface area contributed by atoms with Gasteiger partial charge >= 0.3 is 18.5 Å². The molecule has 4 aromatic carbocycles. The van der Waals surface area contributed by atoms with Crippen LogP contribution in [0.2, 0.25) is 0 Å². The molecular formula is C30H20EuF9O3P. The number of rotatable bonds is 5. The smallest absolute Gasteiger partial charge is 0.454 e. The third-order valence-electron chi connectivity index (χ3n) is 5.84. The summed E-state index contributed by atoms with van der Waals surface area (Å²) in [6, 6.07) is 30.6. The third kappa shape index (κ3) is 9.39. The van der Waals surface area contributed by atoms with Gasteiger partial charge in [-0.3, -0.25) is 4.79 Å². The first-order valence-corrected chi connectivity index (χ1v) is 13.7. The molecule has 0 aliphatic rings. The van der Waals surface area contributed by atoms with Gasteiger partial charge in [0.05, 0.1) is 5.56 Å². The van der Waals surface area contributed by atoms with E-state index in [0.717, 1.165) is 12.1 Å². The third-order valence-corrected chi connectivity index (χ3v) is 8.96. The largest absolute Gasteiger partial charge is 0.504 e. The van der Waals surface area contributed by atoms with Crippen molar-refractivity contribution in [2.75, 3.05) is 0 Å². The maximum atomic E-state index is 14.7. The van der Waals surface area contributed by atoms with Crippen molar-refractivity contribution in [2.24, 2.45) is 0 Å². The van der Waals surface area contributed by atoms with Gasteiger partial charge in [0, 0.05) is 71.4 Å². The number of aliphatic hydroxyl groups is 1. The Balaban J connectivity index is 0.000000412. The van der Waals surface area contributed by atoms with E-state index in [2.05, 4.69) is 0 Å². The maximum absolute atomic E-state index is 14.7. The topological polar surface area (TPSA) is 54.4 Å². The summed E-state index contributed by atoms with van der Waals surface area (Å²) in [5.74, 6) is -5.34. The molecule has 0 spiro atoms. The van der Waals surface area contributed by atoms with Gasteiger partial charge in [-0.25, -0.2) is 0 Å². The average Bonchev–Trinajstić information content (AvgIpc) is 2.96. The molecule has 0 fully saturated rings. The monoisotopic (exact) mass is 783 g/mol.